The Balaban J connectivity index is 0. The highest BCUT2D eigenvalue weighted by Crippen LogP contribution is 2.28. The molecule has 0 aromatic heterocycles. The number of hydrogen-bond acceptors (Lipinski definition) is 3. The van der Waals surface area contributed by atoms with Crippen LogP contribution < -0.4 is 0 Å². The molecule has 1 heterocycles. The molecule has 0 spiro atoms. The van der Waals surface area contributed by atoms with Crippen molar-refractivity contribution in [2.24, 2.45) is 5.92 Å². The Bertz CT molecular complexity index is 650. The molecule has 0 aromatic rings. The fourth-order valence-corrected chi connectivity index (χ4v) is 2.98. The van der Waals surface area contributed by atoms with Gasteiger partial charge in [0.25, 0.3) is 0 Å². The molecule has 3 nitrogen and oxygen atoms in total. The molecule has 2 atom stereocenters. The highest BCUT2D eigenvalue weighted by atomic mass is 19.2. The smallest absolute Gasteiger partial charge is 0.196 e. The first-order valence-corrected chi connectivity index (χ1v) is 11.9. The lowest BCUT2D eigenvalue weighted by molar-refractivity contribution is -0.0402. The first kappa shape index (κ1) is 32.3. The van der Waals surface area contributed by atoms with Crippen LogP contribution >= 0.6 is 0 Å². The Morgan fingerprint density at radius 1 is 1.00 bits per heavy atom. The van der Waals surface area contributed by atoms with Crippen LogP contribution in [0.5, 0.6) is 0 Å². The van der Waals surface area contributed by atoms with Crippen molar-refractivity contribution >= 4 is 0 Å². The minimum absolute atomic E-state index is 0.0737. The molecular weight excluding hydrogens is 410 g/mol. The third kappa shape index (κ3) is 12.2. The number of hydrogen-bond donors (Lipinski definition) is 0. The van der Waals surface area contributed by atoms with Gasteiger partial charge in [0.05, 0.1) is 25.6 Å². The van der Waals surface area contributed by atoms with Gasteiger partial charge in [0.1, 0.15) is 12.4 Å². The first-order valence-electron chi connectivity index (χ1n) is 11.9. The van der Waals surface area contributed by atoms with E-state index in [1.54, 1.807) is 26.0 Å². The summed E-state index contributed by atoms with van der Waals surface area (Å²) in [6, 6.07) is 0. The van der Waals surface area contributed by atoms with E-state index in [0.29, 0.717) is 35.9 Å². The van der Waals surface area contributed by atoms with E-state index >= 15 is 0 Å². The highest BCUT2D eigenvalue weighted by molar-refractivity contribution is 5.40. The van der Waals surface area contributed by atoms with E-state index in [0.717, 1.165) is 19.4 Å². The van der Waals surface area contributed by atoms with Crippen molar-refractivity contribution in [1.82, 2.24) is 0 Å². The first-order chi connectivity index (χ1) is 15.3. The van der Waals surface area contributed by atoms with E-state index in [1.165, 1.54) is 14.0 Å². The van der Waals surface area contributed by atoms with Gasteiger partial charge in [-0.2, -0.15) is 0 Å². The van der Waals surface area contributed by atoms with Gasteiger partial charge in [-0.05, 0) is 64.2 Å². The standard InChI is InChI=1S/C23H34F2O3.2C2H6/c1-7-9-19-12-13-20(28-14-19)15-27-17(4)11-10-16(3)21(8-2)23(25)22(24)18(5)26-6;2*1-2/h7,9-11,19-20H,8,12-15H2,1-6H3;2*1-2H3/b9-7+,16-10+,17-11+,22-18-,23-21-;;. The molecule has 32 heavy (non-hydrogen) atoms. The molecule has 1 rings (SSSR count). The Morgan fingerprint density at radius 3 is 2.09 bits per heavy atom. The molecule has 2 unspecified atom stereocenters. The molecule has 0 aromatic carbocycles. The van der Waals surface area contributed by atoms with Crippen molar-refractivity contribution < 1.29 is 23.0 Å². The molecule has 1 fully saturated rings. The fraction of sp³-hybridized carbons (Fsp3) is 0.630. The van der Waals surface area contributed by atoms with E-state index in [4.69, 9.17) is 14.2 Å². The maximum atomic E-state index is 14.4. The van der Waals surface area contributed by atoms with Gasteiger partial charge in [0, 0.05) is 5.92 Å². The number of ether oxygens (including phenoxy) is 3. The SMILES string of the molecule is C/C=C/C1CCC(CO/C(C)=C/C=C(C)/C(CC)=C(F)/C(F)=C(\C)OC)OC1.CC.CC. The molecule has 186 valence electrons. The summed E-state index contributed by atoms with van der Waals surface area (Å²) >= 11 is 0. The third-order valence-corrected chi connectivity index (χ3v) is 4.84. The lowest BCUT2D eigenvalue weighted by Crippen LogP contribution is -2.28. The normalized spacial score (nSPS) is 20.9. The zero-order chi connectivity index (χ0) is 25.1. The van der Waals surface area contributed by atoms with Gasteiger partial charge < -0.3 is 14.2 Å². The topological polar surface area (TPSA) is 27.7 Å². The molecule has 0 bridgehead atoms. The second kappa shape index (κ2) is 19.8. The van der Waals surface area contributed by atoms with Crippen molar-refractivity contribution in [3.05, 3.63) is 58.6 Å². The average molecular weight is 457 g/mol. The summed E-state index contributed by atoms with van der Waals surface area (Å²) in [5, 5.41) is 0. The Hall–Kier alpha value is -1.88. The summed E-state index contributed by atoms with van der Waals surface area (Å²) < 4.78 is 44.8. The van der Waals surface area contributed by atoms with Crippen LogP contribution in [0.25, 0.3) is 0 Å². The van der Waals surface area contributed by atoms with Crippen molar-refractivity contribution in [2.45, 2.75) is 87.7 Å². The van der Waals surface area contributed by atoms with Crippen LogP contribution in [0.4, 0.5) is 8.78 Å². The summed E-state index contributed by atoms with van der Waals surface area (Å²) in [5.41, 5.74) is 0.952. The monoisotopic (exact) mass is 456 g/mol. The molecule has 1 aliphatic rings. The Morgan fingerprint density at radius 2 is 1.62 bits per heavy atom. The van der Waals surface area contributed by atoms with Crippen molar-refractivity contribution in [1.29, 1.82) is 0 Å². The van der Waals surface area contributed by atoms with E-state index in [-0.39, 0.29) is 11.9 Å². The predicted octanol–water partition coefficient (Wildman–Crippen LogP) is 8.76. The third-order valence-electron chi connectivity index (χ3n) is 4.84. The zero-order valence-corrected chi connectivity index (χ0v) is 22.0. The number of allylic oxidation sites excluding steroid dienone is 9. The average Bonchev–Trinajstić information content (AvgIpc) is 2.84. The molecule has 5 heteroatoms. The number of rotatable bonds is 9. The van der Waals surface area contributed by atoms with Crippen molar-refractivity contribution in [3.8, 4) is 0 Å². The van der Waals surface area contributed by atoms with E-state index < -0.39 is 11.7 Å². The molecule has 1 saturated heterocycles. The van der Waals surface area contributed by atoms with Gasteiger partial charge in [-0.1, -0.05) is 52.8 Å². The van der Waals surface area contributed by atoms with Gasteiger partial charge in [-0.3, -0.25) is 0 Å². The van der Waals surface area contributed by atoms with Crippen LogP contribution in [0.3, 0.4) is 0 Å². The fourth-order valence-electron chi connectivity index (χ4n) is 2.98. The van der Waals surface area contributed by atoms with Crippen LogP contribution in [0.15, 0.2) is 58.6 Å². The predicted molar refractivity (Wildman–Crippen MR) is 133 cm³/mol. The summed E-state index contributed by atoms with van der Waals surface area (Å²) in [4.78, 5) is 0. The number of halogens is 2. The van der Waals surface area contributed by atoms with Gasteiger partial charge in [-0.15, -0.1) is 0 Å². The van der Waals surface area contributed by atoms with Crippen LogP contribution in [0.2, 0.25) is 0 Å². The largest absolute Gasteiger partial charge is 0.498 e. The minimum atomic E-state index is -0.963. The second-order valence-corrected chi connectivity index (χ2v) is 6.98. The van der Waals surface area contributed by atoms with E-state index in [2.05, 4.69) is 12.2 Å². The quantitative estimate of drug-likeness (QED) is 0.197. The van der Waals surface area contributed by atoms with Gasteiger partial charge >= 0.3 is 0 Å². The molecular formula is C27H46F2O3. The minimum Gasteiger partial charge on any atom is -0.498 e. The van der Waals surface area contributed by atoms with Crippen LogP contribution in [-0.2, 0) is 14.2 Å². The Labute approximate surface area is 195 Å². The summed E-state index contributed by atoms with van der Waals surface area (Å²) in [6.07, 6.45) is 10.3. The van der Waals surface area contributed by atoms with Crippen LogP contribution in [-0.4, -0.2) is 26.4 Å². The van der Waals surface area contributed by atoms with Gasteiger partial charge in [0.2, 0.25) is 0 Å². The molecule has 1 aliphatic heterocycles. The maximum absolute atomic E-state index is 14.4. The van der Waals surface area contributed by atoms with Gasteiger partial charge in [-0.25, -0.2) is 8.78 Å². The van der Waals surface area contributed by atoms with Crippen LogP contribution in [0, 0.1) is 5.92 Å². The summed E-state index contributed by atoms with van der Waals surface area (Å²) in [6.45, 7) is 18.0. The number of methoxy groups -OCH3 is 1. The molecule has 0 amide bonds. The molecule has 0 N–H and O–H groups in total. The summed E-state index contributed by atoms with van der Waals surface area (Å²) in [7, 11) is 1.32. The Kier molecular flexibility index (Phi) is 20.0. The highest BCUT2D eigenvalue weighted by Gasteiger charge is 2.20. The van der Waals surface area contributed by atoms with E-state index in [9.17, 15) is 8.78 Å². The zero-order valence-electron chi connectivity index (χ0n) is 22.0. The second-order valence-electron chi connectivity index (χ2n) is 6.98. The van der Waals surface area contributed by atoms with Crippen molar-refractivity contribution in [2.75, 3.05) is 20.3 Å². The maximum Gasteiger partial charge on any atom is 0.196 e. The van der Waals surface area contributed by atoms with Crippen LogP contribution in [0.1, 0.15) is 81.6 Å². The molecule has 0 saturated carbocycles. The van der Waals surface area contributed by atoms with E-state index in [1.807, 2.05) is 41.5 Å². The van der Waals surface area contributed by atoms with Gasteiger partial charge in [0.15, 0.2) is 11.7 Å². The molecule has 0 aliphatic carbocycles. The summed E-state index contributed by atoms with van der Waals surface area (Å²) in [5.74, 6) is -0.716. The molecule has 0 radical (unpaired) electrons. The lowest BCUT2D eigenvalue weighted by atomic mass is 9.98. The lowest BCUT2D eigenvalue weighted by Gasteiger charge is -2.27. The van der Waals surface area contributed by atoms with Crippen molar-refractivity contribution in [3.63, 3.8) is 0 Å².